The van der Waals surface area contributed by atoms with E-state index in [0.29, 0.717) is 5.56 Å². The minimum atomic E-state index is -4.15. The third kappa shape index (κ3) is 4.73. The summed E-state index contributed by atoms with van der Waals surface area (Å²) in [7, 11) is 1.62. The predicted molar refractivity (Wildman–Crippen MR) is 58.1 cm³/mol. The van der Waals surface area contributed by atoms with Crippen molar-refractivity contribution in [2.24, 2.45) is 0 Å². The van der Waals surface area contributed by atoms with E-state index in [1.165, 1.54) is 6.07 Å². The van der Waals surface area contributed by atoms with Crippen molar-refractivity contribution in [2.75, 3.05) is 7.05 Å². The average Bonchev–Trinajstić information content (AvgIpc) is 2.24. The van der Waals surface area contributed by atoms with E-state index < -0.39 is 12.6 Å². The minimum Gasteiger partial charge on any atom is -0.313 e. The lowest BCUT2D eigenvalue weighted by molar-refractivity contribution is -0.135. The molecule has 0 bridgehead atoms. The fraction of sp³-hybridized carbons (Fsp3) is 0.500. The molecule has 0 aliphatic carbocycles. The van der Waals surface area contributed by atoms with Crippen LogP contribution in [0, 0.1) is 5.82 Å². The maximum atomic E-state index is 13.4. The van der Waals surface area contributed by atoms with Gasteiger partial charge in [0.1, 0.15) is 5.82 Å². The number of nitrogens with one attached hydrogen (secondary N) is 1. The molecule has 0 aliphatic heterocycles. The number of rotatable bonds is 5. The van der Waals surface area contributed by atoms with E-state index in [9.17, 15) is 17.6 Å². The fourth-order valence-electron chi connectivity index (χ4n) is 1.72. The molecular weight excluding hydrogens is 234 g/mol. The lowest BCUT2D eigenvalue weighted by Gasteiger charge is -2.17. The lowest BCUT2D eigenvalue weighted by atomic mass is 10.0. The molecule has 0 saturated heterocycles. The lowest BCUT2D eigenvalue weighted by Crippen LogP contribution is -2.18. The molecule has 0 amide bonds. The summed E-state index contributed by atoms with van der Waals surface area (Å²) in [4.78, 5) is 0. The number of hydrogen-bond acceptors (Lipinski definition) is 1. The van der Waals surface area contributed by atoms with Crippen LogP contribution in [0.3, 0.4) is 0 Å². The molecule has 5 heteroatoms. The summed E-state index contributed by atoms with van der Waals surface area (Å²) < 4.78 is 49.4. The zero-order valence-electron chi connectivity index (χ0n) is 9.52. The van der Waals surface area contributed by atoms with E-state index in [-0.39, 0.29) is 24.7 Å². The van der Waals surface area contributed by atoms with Crippen LogP contribution in [0.2, 0.25) is 0 Å². The van der Waals surface area contributed by atoms with Crippen molar-refractivity contribution >= 4 is 0 Å². The van der Waals surface area contributed by atoms with Gasteiger partial charge in [-0.2, -0.15) is 13.2 Å². The molecule has 0 saturated carbocycles. The molecule has 1 aromatic rings. The number of halogens is 4. The highest BCUT2D eigenvalue weighted by atomic mass is 19.4. The van der Waals surface area contributed by atoms with Crippen LogP contribution >= 0.6 is 0 Å². The molecule has 96 valence electrons. The Morgan fingerprint density at radius 3 is 2.41 bits per heavy atom. The van der Waals surface area contributed by atoms with Crippen LogP contribution in [-0.2, 0) is 0 Å². The van der Waals surface area contributed by atoms with Crippen LogP contribution in [0.5, 0.6) is 0 Å². The molecule has 1 rings (SSSR count). The van der Waals surface area contributed by atoms with Gasteiger partial charge in [0.15, 0.2) is 0 Å². The van der Waals surface area contributed by atoms with Crippen LogP contribution < -0.4 is 5.32 Å². The topological polar surface area (TPSA) is 12.0 Å². The quantitative estimate of drug-likeness (QED) is 0.782. The molecule has 17 heavy (non-hydrogen) atoms. The third-order valence-corrected chi connectivity index (χ3v) is 2.58. The zero-order valence-corrected chi connectivity index (χ0v) is 9.52. The van der Waals surface area contributed by atoms with Crippen molar-refractivity contribution in [1.29, 1.82) is 0 Å². The van der Waals surface area contributed by atoms with Gasteiger partial charge in [-0.3, -0.25) is 0 Å². The monoisotopic (exact) mass is 249 g/mol. The molecule has 1 N–H and O–H groups in total. The Bertz CT molecular complexity index is 349. The van der Waals surface area contributed by atoms with Gasteiger partial charge in [-0.25, -0.2) is 4.39 Å². The summed E-state index contributed by atoms with van der Waals surface area (Å²) in [6, 6.07) is 5.75. The molecule has 0 heterocycles. The van der Waals surface area contributed by atoms with Gasteiger partial charge in [0.2, 0.25) is 0 Å². The average molecular weight is 249 g/mol. The van der Waals surface area contributed by atoms with E-state index in [4.69, 9.17) is 0 Å². The Kier molecular flexibility index (Phi) is 4.93. The Balaban J connectivity index is 2.58. The van der Waals surface area contributed by atoms with Gasteiger partial charge in [-0.05, 0) is 26.0 Å². The van der Waals surface area contributed by atoms with Gasteiger partial charge in [-0.15, -0.1) is 0 Å². The summed E-state index contributed by atoms with van der Waals surface area (Å²) in [5, 5.41) is 2.84. The second kappa shape index (κ2) is 6.00. The molecule has 1 unspecified atom stereocenters. The van der Waals surface area contributed by atoms with Gasteiger partial charge in [0, 0.05) is 18.0 Å². The summed E-state index contributed by atoms with van der Waals surface area (Å²) in [5.41, 5.74) is 0.414. The van der Waals surface area contributed by atoms with Gasteiger partial charge in [0.25, 0.3) is 0 Å². The second-order valence-electron chi connectivity index (χ2n) is 3.87. The van der Waals surface area contributed by atoms with E-state index in [0.717, 1.165) is 0 Å². The predicted octanol–water partition coefficient (Wildman–Crippen LogP) is 3.82. The number of hydrogen-bond donors (Lipinski definition) is 1. The van der Waals surface area contributed by atoms with Crippen molar-refractivity contribution in [2.45, 2.75) is 31.5 Å². The van der Waals surface area contributed by atoms with Crippen molar-refractivity contribution in [1.82, 2.24) is 5.32 Å². The highest BCUT2D eigenvalue weighted by Gasteiger charge is 2.27. The Morgan fingerprint density at radius 2 is 1.88 bits per heavy atom. The second-order valence-corrected chi connectivity index (χ2v) is 3.87. The van der Waals surface area contributed by atoms with Crippen molar-refractivity contribution in [3.63, 3.8) is 0 Å². The van der Waals surface area contributed by atoms with E-state index in [1.54, 1.807) is 25.2 Å². The largest absolute Gasteiger partial charge is 0.389 e. The maximum absolute atomic E-state index is 13.4. The third-order valence-electron chi connectivity index (χ3n) is 2.58. The SMILES string of the molecule is CNC(CCCC(F)(F)F)c1ccccc1F. The van der Waals surface area contributed by atoms with E-state index >= 15 is 0 Å². The normalized spacial score (nSPS) is 13.7. The Hall–Kier alpha value is -1.10. The molecular formula is C12H15F4N. The van der Waals surface area contributed by atoms with Gasteiger partial charge in [0.05, 0.1) is 0 Å². The fourth-order valence-corrected chi connectivity index (χ4v) is 1.72. The maximum Gasteiger partial charge on any atom is 0.389 e. The standard InChI is InChI=1S/C12H15F4N/c1-17-11(7-4-8-12(14,15)16)9-5-2-3-6-10(9)13/h2-3,5-6,11,17H,4,7-8H2,1H3. The van der Waals surface area contributed by atoms with Crippen LogP contribution in [0.25, 0.3) is 0 Å². The first kappa shape index (κ1) is 14.0. The molecule has 0 spiro atoms. The van der Waals surface area contributed by atoms with Crippen molar-refractivity contribution in [3.05, 3.63) is 35.6 Å². The number of alkyl halides is 3. The van der Waals surface area contributed by atoms with Crippen molar-refractivity contribution in [3.8, 4) is 0 Å². The van der Waals surface area contributed by atoms with E-state index in [2.05, 4.69) is 5.32 Å². The van der Waals surface area contributed by atoms with Crippen LogP contribution in [-0.4, -0.2) is 13.2 Å². The summed E-state index contributed by atoms with van der Waals surface area (Å²) in [5.74, 6) is -0.390. The van der Waals surface area contributed by atoms with Gasteiger partial charge < -0.3 is 5.32 Å². The smallest absolute Gasteiger partial charge is 0.313 e. The van der Waals surface area contributed by atoms with Crippen molar-refractivity contribution < 1.29 is 17.6 Å². The van der Waals surface area contributed by atoms with Crippen LogP contribution in [0.1, 0.15) is 30.9 Å². The first-order valence-corrected chi connectivity index (χ1v) is 5.42. The van der Waals surface area contributed by atoms with E-state index in [1.807, 2.05) is 0 Å². The molecule has 0 aliphatic rings. The van der Waals surface area contributed by atoms with Gasteiger partial charge in [-0.1, -0.05) is 18.2 Å². The molecule has 1 nitrogen and oxygen atoms in total. The molecule has 1 aromatic carbocycles. The first-order valence-electron chi connectivity index (χ1n) is 5.42. The first-order chi connectivity index (χ1) is 7.94. The summed E-state index contributed by atoms with van der Waals surface area (Å²) in [6.07, 6.45) is -4.73. The Labute approximate surface area is 97.8 Å². The Morgan fingerprint density at radius 1 is 1.24 bits per heavy atom. The molecule has 0 aromatic heterocycles. The number of benzene rings is 1. The minimum absolute atomic E-state index is 0.0106. The van der Waals surface area contributed by atoms with Gasteiger partial charge >= 0.3 is 6.18 Å². The zero-order chi connectivity index (χ0) is 12.9. The molecule has 0 fully saturated rings. The summed E-state index contributed by atoms with van der Waals surface area (Å²) in [6.45, 7) is 0. The highest BCUT2D eigenvalue weighted by Crippen LogP contribution is 2.27. The van der Waals surface area contributed by atoms with Crippen LogP contribution in [0.4, 0.5) is 17.6 Å². The van der Waals surface area contributed by atoms with Crippen LogP contribution in [0.15, 0.2) is 24.3 Å². The molecule has 1 atom stereocenters. The summed E-state index contributed by atoms with van der Waals surface area (Å²) >= 11 is 0. The highest BCUT2D eigenvalue weighted by molar-refractivity contribution is 5.21. The molecule has 0 radical (unpaired) electrons.